The molecule has 2 aliphatic carbocycles. The van der Waals surface area contributed by atoms with Crippen molar-refractivity contribution in [1.82, 2.24) is 5.32 Å². The molecule has 2 saturated carbocycles. The molecule has 1 amide bonds. The number of amides is 1. The van der Waals surface area contributed by atoms with Crippen LogP contribution in [-0.2, 0) is 14.3 Å². The Morgan fingerprint density at radius 1 is 1.33 bits per heavy atom. The maximum Gasteiger partial charge on any atom is 0.315 e. The van der Waals surface area contributed by atoms with Gasteiger partial charge in [-0.15, -0.1) is 23.2 Å². The van der Waals surface area contributed by atoms with Crippen LogP contribution < -0.4 is 5.32 Å². The molecule has 102 valence electrons. The normalized spacial score (nSPS) is 29.9. The van der Waals surface area contributed by atoms with Gasteiger partial charge in [0.1, 0.15) is 9.75 Å². The first-order chi connectivity index (χ1) is 8.35. The van der Waals surface area contributed by atoms with E-state index in [9.17, 15) is 9.59 Å². The van der Waals surface area contributed by atoms with Gasteiger partial charge in [-0.3, -0.25) is 9.59 Å². The van der Waals surface area contributed by atoms with E-state index in [1.807, 2.05) is 0 Å². The van der Waals surface area contributed by atoms with Gasteiger partial charge >= 0.3 is 5.97 Å². The van der Waals surface area contributed by atoms with Crippen LogP contribution in [0, 0.1) is 5.41 Å². The topological polar surface area (TPSA) is 55.4 Å². The van der Waals surface area contributed by atoms with E-state index in [1.165, 1.54) is 0 Å². The van der Waals surface area contributed by atoms with Gasteiger partial charge in [0.05, 0.1) is 0 Å². The minimum Gasteiger partial charge on any atom is -0.455 e. The van der Waals surface area contributed by atoms with Crippen LogP contribution in [0.5, 0.6) is 0 Å². The van der Waals surface area contributed by atoms with Crippen molar-refractivity contribution in [3.05, 3.63) is 0 Å². The third kappa shape index (κ3) is 2.75. The van der Waals surface area contributed by atoms with Gasteiger partial charge in [0.2, 0.25) is 0 Å². The number of esters is 1. The largest absolute Gasteiger partial charge is 0.455 e. The summed E-state index contributed by atoms with van der Waals surface area (Å²) in [6.07, 6.45) is 4.66. The molecule has 0 aromatic heterocycles. The van der Waals surface area contributed by atoms with E-state index in [0.717, 1.165) is 25.7 Å². The van der Waals surface area contributed by atoms with Crippen molar-refractivity contribution in [3.63, 3.8) is 0 Å². The average Bonchev–Trinajstić information content (AvgIpc) is 2.70. The predicted molar refractivity (Wildman–Crippen MR) is 68.5 cm³/mol. The Labute approximate surface area is 116 Å². The molecule has 2 fully saturated rings. The van der Waals surface area contributed by atoms with Crippen molar-refractivity contribution in [2.24, 2.45) is 5.41 Å². The van der Waals surface area contributed by atoms with E-state index in [0.29, 0.717) is 6.42 Å². The Balaban J connectivity index is 1.71. The molecule has 1 N–H and O–H groups in total. The first-order valence-corrected chi connectivity index (χ1v) is 6.95. The molecule has 0 bridgehead atoms. The lowest BCUT2D eigenvalue weighted by Gasteiger charge is -2.14. The number of carbonyl (C=O) groups is 2. The molecule has 1 atom stereocenters. The molecule has 0 aromatic rings. The van der Waals surface area contributed by atoms with E-state index < -0.39 is 15.7 Å². The molecule has 2 aliphatic rings. The van der Waals surface area contributed by atoms with Crippen LogP contribution in [0.15, 0.2) is 0 Å². The van der Waals surface area contributed by atoms with Crippen molar-refractivity contribution in [1.29, 1.82) is 0 Å². The third-order valence-corrected chi connectivity index (χ3v) is 4.86. The summed E-state index contributed by atoms with van der Waals surface area (Å²) in [4.78, 5) is 23.3. The van der Waals surface area contributed by atoms with Gasteiger partial charge in [-0.05, 0) is 19.8 Å². The summed E-state index contributed by atoms with van der Waals surface area (Å²) in [6, 6.07) is 0.229. The zero-order valence-corrected chi connectivity index (χ0v) is 11.8. The number of hydrogen-bond acceptors (Lipinski definition) is 3. The molecule has 6 heteroatoms. The third-order valence-electron chi connectivity index (χ3n) is 3.76. The second-order valence-electron chi connectivity index (χ2n) is 5.34. The van der Waals surface area contributed by atoms with Crippen LogP contribution in [0.3, 0.4) is 0 Å². The first kappa shape index (κ1) is 13.9. The number of rotatable bonds is 4. The lowest BCUT2D eigenvalue weighted by Crippen LogP contribution is -2.36. The Bertz CT molecular complexity index is 366. The maximum atomic E-state index is 11.7. The molecular weight excluding hydrogens is 277 g/mol. The standard InChI is InChI=1S/C12H17Cl2NO3/c1-11(7-12(11,13)14)10(17)18-6-9(16)15-8-4-2-3-5-8/h8H,2-7H2,1H3,(H,15,16). The summed E-state index contributed by atoms with van der Waals surface area (Å²) in [7, 11) is 0. The fourth-order valence-corrected chi connectivity index (χ4v) is 2.94. The second kappa shape index (κ2) is 4.89. The van der Waals surface area contributed by atoms with Gasteiger partial charge in [-0.25, -0.2) is 0 Å². The monoisotopic (exact) mass is 293 g/mol. The maximum absolute atomic E-state index is 11.7. The van der Waals surface area contributed by atoms with Crippen molar-refractivity contribution in [3.8, 4) is 0 Å². The van der Waals surface area contributed by atoms with Gasteiger partial charge in [-0.2, -0.15) is 0 Å². The number of nitrogens with one attached hydrogen (secondary N) is 1. The highest BCUT2D eigenvalue weighted by atomic mass is 35.5. The van der Waals surface area contributed by atoms with Crippen LogP contribution in [0.4, 0.5) is 0 Å². The van der Waals surface area contributed by atoms with Crippen LogP contribution in [0.1, 0.15) is 39.0 Å². The summed E-state index contributed by atoms with van der Waals surface area (Å²) < 4.78 is 3.91. The van der Waals surface area contributed by atoms with Gasteiger partial charge < -0.3 is 10.1 Å². The molecule has 0 radical (unpaired) electrons. The van der Waals surface area contributed by atoms with Gasteiger partial charge in [0, 0.05) is 12.5 Å². The van der Waals surface area contributed by atoms with Crippen LogP contribution in [-0.4, -0.2) is 28.9 Å². The van der Waals surface area contributed by atoms with Crippen LogP contribution in [0.25, 0.3) is 0 Å². The Morgan fingerprint density at radius 2 is 1.89 bits per heavy atom. The van der Waals surface area contributed by atoms with Crippen LogP contribution in [0.2, 0.25) is 0 Å². The van der Waals surface area contributed by atoms with Gasteiger partial charge in [0.25, 0.3) is 5.91 Å². The highest BCUT2D eigenvalue weighted by Gasteiger charge is 2.69. The quantitative estimate of drug-likeness (QED) is 0.638. The summed E-state index contributed by atoms with van der Waals surface area (Å²) >= 11 is 11.7. The Kier molecular flexibility index (Phi) is 3.79. The minimum absolute atomic E-state index is 0.229. The van der Waals surface area contributed by atoms with Crippen molar-refractivity contribution < 1.29 is 14.3 Å². The molecule has 0 heterocycles. The lowest BCUT2D eigenvalue weighted by molar-refractivity contribution is -0.153. The molecule has 18 heavy (non-hydrogen) atoms. The van der Waals surface area contributed by atoms with Crippen molar-refractivity contribution >= 4 is 35.1 Å². The summed E-state index contributed by atoms with van der Waals surface area (Å²) in [5, 5.41) is 2.84. The van der Waals surface area contributed by atoms with Crippen molar-refractivity contribution in [2.45, 2.75) is 49.4 Å². The Morgan fingerprint density at radius 3 is 2.39 bits per heavy atom. The van der Waals surface area contributed by atoms with Gasteiger partial charge in [0.15, 0.2) is 6.61 Å². The minimum atomic E-state index is -1.05. The molecule has 0 aromatic carbocycles. The average molecular weight is 294 g/mol. The highest BCUT2D eigenvalue weighted by molar-refractivity contribution is 6.53. The fraction of sp³-hybridized carbons (Fsp3) is 0.833. The van der Waals surface area contributed by atoms with Gasteiger partial charge in [-0.1, -0.05) is 12.8 Å². The second-order valence-corrected chi connectivity index (χ2v) is 6.82. The molecule has 0 aliphatic heterocycles. The zero-order valence-electron chi connectivity index (χ0n) is 10.3. The Hall–Kier alpha value is -0.480. The number of halogens is 2. The number of alkyl halides is 2. The number of ether oxygens (including phenoxy) is 1. The molecule has 2 rings (SSSR count). The molecular formula is C12H17Cl2NO3. The smallest absolute Gasteiger partial charge is 0.315 e. The van der Waals surface area contributed by atoms with E-state index in [2.05, 4.69) is 5.32 Å². The number of hydrogen-bond donors (Lipinski definition) is 1. The highest BCUT2D eigenvalue weighted by Crippen LogP contribution is 2.64. The van der Waals surface area contributed by atoms with Crippen molar-refractivity contribution in [2.75, 3.05) is 6.61 Å². The zero-order chi connectivity index (χ0) is 13.4. The molecule has 0 saturated heterocycles. The van der Waals surface area contributed by atoms with E-state index in [-0.39, 0.29) is 18.6 Å². The summed E-state index contributed by atoms with van der Waals surface area (Å²) in [6.45, 7) is 1.39. The predicted octanol–water partition coefficient (Wildman–Crippen LogP) is 2.17. The lowest BCUT2D eigenvalue weighted by atomic mass is 10.1. The fourth-order valence-electron chi connectivity index (χ4n) is 2.25. The van der Waals surface area contributed by atoms with E-state index in [4.69, 9.17) is 27.9 Å². The summed E-state index contributed by atoms with van der Waals surface area (Å²) in [5.41, 5.74) is -0.871. The van der Waals surface area contributed by atoms with E-state index in [1.54, 1.807) is 6.92 Å². The SMILES string of the molecule is CC1(C(=O)OCC(=O)NC2CCCC2)CC1(Cl)Cl. The molecule has 0 spiro atoms. The summed E-state index contributed by atoms with van der Waals surface area (Å²) in [5.74, 6) is -0.761. The van der Waals surface area contributed by atoms with E-state index >= 15 is 0 Å². The molecule has 1 unspecified atom stereocenters. The van der Waals surface area contributed by atoms with Crippen LogP contribution >= 0.6 is 23.2 Å². The first-order valence-electron chi connectivity index (χ1n) is 6.19. The number of carbonyl (C=O) groups excluding carboxylic acids is 2. The molecule has 4 nitrogen and oxygen atoms in total.